The smallest absolute Gasteiger partial charge is 0.237 e. The third-order valence-corrected chi connectivity index (χ3v) is 12.3. The number of hydrogen-bond donors (Lipinski definition) is 2. The van der Waals surface area contributed by atoms with Gasteiger partial charge >= 0.3 is 0 Å². The molecule has 6 aromatic rings. The highest BCUT2D eigenvalue weighted by Gasteiger charge is 2.23. The Morgan fingerprint density at radius 1 is 0.727 bits per heavy atom. The molecule has 2 aliphatic heterocycles. The van der Waals surface area contributed by atoms with Crippen molar-refractivity contribution >= 4 is 89.8 Å². The Balaban J connectivity index is 0.000000202. The molecule has 0 unspecified atom stereocenters. The largest absolute Gasteiger partial charge is 0.397 e. The number of fused-ring (bicyclic) bond motifs is 4. The monoisotopic (exact) mass is 818 g/mol. The summed E-state index contributed by atoms with van der Waals surface area (Å²) in [7, 11) is 2.39. The topological polar surface area (TPSA) is 156 Å². The van der Waals surface area contributed by atoms with Crippen molar-refractivity contribution in [2.24, 2.45) is 5.73 Å². The van der Waals surface area contributed by atoms with Gasteiger partial charge in [0.25, 0.3) is 0 Å². The van der Waals surface area contributed by atoms with Crippen LogP contribution in [-0.2, 0) is 22.4 Å². The minimum Gasteiger partial charge on any atom is -0.397 e. The Kier molecular flexibility index (Phi) is 18.0. The molecule has 11 nitrogen and oxygen atoms in total. The summed E-state index contributed by atoms with van der Waals surface area (Å²) in [5.41, 5.74) is 11.2. The summed E-state index contributed by atoms with van der Waals surface area (Å²) in [6.07, 6.45) is 4.19. The number of hydrogen-bond acceptors (Lipinski definition) is 12. The van der Waals surface area contributed by atoms with E-state index in [-0.39, 0.29) is 18.4 Å². The Labute approximate surface area is 338 Å². The van der Waals surface area contributed by atoms with Gasteiger partial charge in [-0.1, -0.05) is 84.2 Å². The second-order valence-electron chi connectivity index (χ2n) is 11.8. The molecular formula is C40H46N6O5S4. The Morgan fingerprint density at radius 3 is 1.45 bits per heavy atom. The Hall–Kier alpha value is -4.38. The van der Waals surface area contributed by atoms with Crippen molar-refractivity contribution in [2.75, 3.05) is 55.1 Å². The van der Waals surface area contributed by atoms with Crippen molar-refractivity contribution < 1.29 is 19.6 Å². The van der Waals surface area contributed by atoms with Gasteiger partial charge in [0.2, 0.25) is 11.8 Å². The number of nitrogens with zero attached hydrogens (tertiary/aromatic N) is 5. The number of aromatic nitrogens is 2. The summed E-state index contributed by atoms with van der Waals surface area (Å²) in [6, 6.07) is 32.6. The average molecular weight is 819 g/mol. The van der Waals surface area contributed by atoms with Gasteiger partial charge in [-0.3, -0.25) is 19.7 Å². The molecule has 3 N–H and O–H groups in total. The molecule has 0 saturated heterocycles. The highest BCUT2D eigenvalue weighted by molar-refractivity contribution is 8.02. The summed E-state index contributed by atoms with van der Waals surface area (Å²) in [6.45, 7) is 3.56. The van der Waals surface area contributed by atoms with Gasteiger partial charge in [0.05, 0.1) is 31.9 Å². The molecule has 55 heavy (non-hydrogen) atoms. The van der Waals surface area contributed by atoms with Crippen molar-refractivity contribution in [2.45, 2.75) is 41.3 Å². The lowest BCUT2D eigenvalue weighted by Crippen LogP contribution is -2.36. The van der Waals surface area contributed by atoms with Gasteiger partial charge in [-0.25, -0.2) is 9.97 Å². The van der Waals surface area contributed by atoms with Gasteiger partial charge in [0, 0.05) is 36.0 Å². The number of benzene rings is 4. The van der Waals surface area contributed by atoms with Crippen molar-refractivity contribution in [3.05, 3.63) is 118 Å². The first-order valence-electron chi connectivity index (χ1n) is 17.8. The third kappa shape index (κ3) is 12.8. The molecule has 0 bridgehead atoms. The fourth-order valence-electron chi connectivity index (χ4n) is 5.81. The van der Waals surface area contributed by atoms with Crippen LogP contribution in [0.4, 0.5) is 11.4 Å². The molecule has 0 aliphatic carbocycles. The lowest BCUT2D eigenvalue weighted by atomic mass is 10.0. The van der Waals surface area contributed by atoms with Crippen LogP contribution in [0.2, 0.25) is 0 Å². The Bertz CT molecular complexity index is 1930. The Morgan fingerprint density at radius 2 is 1.07 bits per heavy atom. The van der Waals surface area contributed by atoms with Crippen LogP contribution in [0.25, 0.3) is 20.4 Å². The number of nitrogens with two attached hydrogens (primary N) is 1. The van der Waals surface area contributed by atoms with Crippen LogP contribution in [0.5, 0.6) is 0 Å². The van der Waals surface area contributed by atoms with Gasteiger partial charge in [0.15, 0.2) is 15.7 Å². The molecule has 4 heterocycles. The molecule has 15 heteroatoms. The summed E-state index contributed by atoms with van der Waals surface area (Å²) < 4.78 is 4.27. The van der Waals surface area contributed by atoms with Gasteiger partial charge in [-0.05, 0) is 87.2 Å². The van der Waals surface area contributed by atoms with E-state index < -0.39 is 4.92 Å². The summed E-state index contributed by atoms with van der Waals surface area (Å²) >= 11 is 6.38. The molecule has 4 aromatic carbocycles. The van der Waals surface area contributed by atoms with E-state index >= 15 is 0 Å². The zero-order valence-electron chi connectivity index (χ0n) is 31.1. The summed E-state index contributed by atoms with van der Waals surface area (Å²) in [4.78, 5) is 46.6. The minimum atomic E-state index is -0.500. The van der Waals surface area contributed by atoms with Crippen molar-refractivity contribution in [1.29, 1.82) is 0 Å². The van der Waals surface area contributed by atoms with Crippen LogP contribution in [0, 0.1) is 10.1 Å². The molecule has 0 atom stereocenters. The maximum atomic E-state index is 12.6. The quantitative estimate of drug-likeness (QED) is 0.0955. The van der Waals surface area contributed by atoms with Crippen molar-refractivity contribution in [1.82, 2.24) is 9.97 Å². The number of aliphatic hydroxyl groups is 1. The van der Waals surface area contributed by atoms with Crippen LogP contribution in [0.15, 0.2) is 106 Å². The highest BCUT2D eigenvalue weighted by Crippen LogP contribution is 2.33. The van der Waals surface area contributed by atoms with Crippen LogP contribution in [0.3, 0.4) is 0 Å². The van der Waals surface area contributed by atoms with Crippen LogP contribution >= 0.6 is 46.2 Å². The second kappa shape index (κ2) is 22.9. The lowest BCUT2D eigenvalue weighted by Gasteiger charge is -2.29. The molecular weight excluding hydrogens is 773 g/mol. The fraction of sp³-hybridized carbons (Fsp3) is 0.300. The van der Waals surface area contributed by atoms with E-state index in [9.17, 15) is 9.59 Å². The van der Waals surface area contributed by atoms with Gasteiger partial charge < -0.3 is 20.6 Å². The SMILES string of the molecule is CCO.CN.C[N+](=O)[O-].O=C(CSc1nc2ccccc2s1)N1CCCc2ccccc21.O=C(CSc1nc2ccccc2s1)N1CCCc2ccccc21. The van der Waals surface area contributed by atoms with E-state index in [1.807, 2.05) is 70.5 Å². The zero-order valence-corrected chi connectivity index (χ0v) is 34.4. The van der Waals surface area contributed by atoms with E-state index in [4.69, 9.17) is 15.2 Å². The minimum absolute atomic E-state index is 0.168. The van der Waals surface area contributed by atoms with Gasteiger partial charge in [0.1, 0.15) is 0 Å². The van der Waals surface area contributed by atoms with Gasteiger partial charge in [-0.2, -0.15) is 0 Å². The number of carbonyl (C=O) groups is 2. The molecule has 2 amide bonds. The van der Waals surface area contributed by atoms with Crippen molar-refractivity contribution in [3.63, 3.8) is 0 Å². The van der Waals surface area contributed by atoms with E-state index in [2.05, 4.69) is 52.1 Å². The molecule has 290 valence electrons. The molecule has 0 radical (unpaired) electrons. The van der Waals surface area contributed by atoms with Crippen molar-refractivity contribution in [3.8, 4) is 0 Å². The van der Waals surface area contributed by atoms with Crippen LogP contribution < -0.4 is 15.5 Å². The number of aryl methyl sites for hydroxylation is 2. The van der Waals surface area contributed by atoms with E-state index in [0.717, 1.165) is 76.9 Å². The number of thiazole rings is 2. The second-order valence-corrected chi connectivity index (χ2v) is 16.3. The molecule has 8 rings (SSSR count). The normalized spacial score (nSPS) is 12.6. The number of rotatable bonds is 6. The predicted octanol–water partition coefficient (Wildman–Crippen LogP) is 8.20. The molecule has 0 saturated carbocycles. The molecule has 2 aliphatic rings. The number of nitro groups is 1. The maximum absolute atomic E-state index is 12.6. The number of thioether (sulfide) groups is 2. The maximum Gasteiger partial charge on any atom is 0.237 e. The first-order chi connectivity index (χ1) is 26.8. The molecule has 2 aromatic heterocycles. The van der Waals surface area contributed by atoms with E-state index in [1.54, 1.807) is 29.6 Å². The number of amides is 2. The number of anilines is 2. The predicted molar refractivity (Wildman–Crippen MR) is 231 cm³/mol. The summed E-state index contributed by atoms with van der Waals surface area (Å²) in [5.74, 6) is 1.21. The highest BCUT2D eigenvalue weighted by atomic mass is 32.2. The molecule has 0 fully saturated rings. The van der Waals surface area contributed by atoms with Crippen LogP contribution in [-0.4, -0.2) is 77.1 Å². The molecule has 0 spiro atoms. The fourth-order valence-corrected chi connectivity index (χ4v) is 9.70. The third-order valence-electron chi connectivity index (χ3n) is 8.01. The number of aliphatic hydroxyl groups excluding tert-OH is 1. The first kappa shape index (κ1) is 43.3. The lowest BCUT2D eigenvalue weighted by molar-refractivity contribution is -0.445. The van der Waals surface area contributed by atoms with E-state index in [1.165, 1.54) is 51.1 Å². The number of carbonyl (C=O) groups excluding carboxylic acids is 2. The van der Waals surface area contributed by atoms with Crippen LogP contribution in [0.1, 0.15) is 30.9 Å². The zero-order chi connectivity index (χ0) is 39.6. The summed E-state index contributed by atoms with van der Waals surface area (Å²) in [5, 5.41) is 16.4. The first-order valence-corrected chi connectivity index (χ1v) is 21.4. The van der Waals surface area contributed by atoms with Gasteiger partial charge in [-0.15, -0.1) is 22.7 Å². The van der Waals surface area contributed by atoms with E-state index in [0.29, 0.717) is 11.5 Å². The average Bonchev–Trinajstić information content (AvgIpc) is 3.83. The number of para-hydroxylation sites is 4. The standard InChI is InChI=1S/2C18H16N2OS2.C2H6O.CH3NO2.CH5N/c2*21-17(20-11-5-7-13-6-1-3-9-15(13)20)12-22-18-19-14-8-2-4-10-16(14)23-18;1-2-3;1-2(3)4;1-2/h2*1-4,6,8-10H,5,7,11-12H2;3H,2H2,1H3;1H3;2H2,1H3.